The fraction of sp³-hybridized carbons (Fsp3) is 0.0476. The van der Waals surface area contributed by atoms with Crippen LogP contribution in [0.25, 0.3) is 22.6 Å². The van der Waals surface area contributed by atoms with Gasteiger partial charge in [0.2, 0.25) is 5.89 Å². The Bertz CT molecular complexity index is 1220. The monoisotopic (exact) mass is 430 g/mol. The first-order chi connectivity index (χ1) is 13.4. The number of anilines is 1. The summed E-state index contributed by atoms with van der Waals surface area (Å²) in [7, 11) is 0. The Balaban J connectivity index is 1.68. The van der Waals surface area contributed by atoms with E-state index < -0.39 is 0 Å². The second-order valence-corrected chi connectivity index (χ2v) is 7.43. The van der Waals surface area contributed by atoms with Crippen LogP contribution in [0.1, 0.15) is 15.9 Å². The summed E-state index contributed by atoms with van der Waals surface area (Å²) < 4.78 is 5.85. The molecule has 1 amide bonds. The SMILES string of the molecule is Cc1ccc2nc(-c3cc(NC(=O)c4cccc(Cl)c4Cl)ccc3Cl)oc2c1. The number of oxazole rings is 1. The van der Waals surface area contributed by atoms with Crippen molar-refractivity contribution in [2.45, 2.75) is 6.92 Å². The van der Waals surface area contributed by atoms with Gasteiger partial charge in [0.15, 0.2) is 5.58 Å². The molecule has 3 aromatic carbocycles. The van der Waals surface area contributed by atoms with Gasteiger partial charge in [0.1, 0.15) is 5.52 Å². The van der Waals surface area contributed by atoms with Crippen molar-refractivity contribution < 1.29 is 9.21 Å². The third kappa shape index (κ3) is 3.59. The van der Waals surface area contributed by atoms with Gasteiger partial charge in [-0.2, -0.15) is 0 Å². The van der Waals surface area contributed by atoms with E-state index >= 15 is 0 Å². The van der Waals surface area contributed by atoms with E-state index in [0.29, 0.717) is 32.8 Å². The predicted octanol–water partition coefficient (Wildman–Crippen LogP) is 7.02. The van der Waals surface area contributed by atoms with E-state index in [9.17, 15) is 4.79 Å². The van der Waals surface area contributed by atoms with Crippen molar-refractivity contribution in [3.05, 3.63) is 80.8 Å². The van der Waals surface area contributed by atoms with Crippen LogP contribution in [0.3, 0.4) is 0 Å². The molecule has 7 heteroatoms. The quantitative estimate of drug-likeness (QED) is 0.379. The zero-order valence-electron chi connectivity index (χ0n) is 14.6. The van der Waals surface area contributed by atoms with Gasteiger partial charge >= 0.3 is 0 Å². The molecule has 0 saturated carbocycles. The number of aromatic nitrogens is 1. The summed E-state index contributed by atoms with van der Waals surface area (Å²) >= 11 is 18.5. The van der Waals surface area contributed by atoms with Gasteiger partial charge in [-0.25, -0.2) is 4.98 Å². The Kier molecular flexibility index (Phi) is 5.02. The minimum atomic E-state index is -0.381. The topological polar surface area (TPSA) is 55.1 Å². The molecule has 0 bridgehead atoms. The fourth-order valence-electron chi connectivity index (χ4n) is 2.79. The third-order valence-electron chi connectivity index (χ3n) is 4.19. The van der Waals surface area contributed by atoms with Crippen molar-refractivity contribution in [2.24, 2.45) is 0 Å². The van der Waals surface area contributed by atoms with Gasteiger partial charge in [-0.3, -0.25) is 4.79 Å². The summed E-state index contributed by atoms with van der Waals surface area (Å²) in [6, 6.07) is 15.7. The van der Waals surface area contributed by atoms with Gasteiger partial charge in [0.05, 0.1) is 26.2 Å². The highest BCUT2D eigenvalue weighted by Crippen LogP contribution is 2.33. The lowest BCUT2D eigenvalue weighted by Gasteiger charge is -2.09. The zero-order chi connectivity index (χ0) is 19.8. The highest BCUT2D eigenvalue weighted by Gasteiger charge is 2.16. The summed E-state index contributed by atoms with van der Waals surface area (Å²) in [5.74, 6) is -0.00329. The lowest BCUT2D eigenvalue weighted by Crippen LogP contribution is -2.12. The first-order valence-electron chi connectivity index (χ1n) is 8.35. The van der Waals surface area contributed by atoms with E-state index in [1.54, 1.807) is 36.4 Å². The second kappa shape index (κ2) is 7.47. The van der Waals surface area contributed by atoms with Crippen LogP contribution in [0.15, 0.2) is 59.0 Å². The van der Waals surface area contributed by atoms with Crippen LogP contribution in [-0.2, 0) is 0 Å². The molecule has 1 heterocycles. The van der Waals surface area contributed by atoms with Crippen LogP contribution in [0.5, 0.6) is 0 Å². The molecule has 0 spiro atoms. The van der Waals surface area contributed by atoms with E-state index in [4.69, 9.17) is 39.2 Å². The van der Waals surface area contributed by atoms with Crippen LogP contribution in [-0.4, -0.2) is 10.9 Å². The third-order valence-corrected chi connectivity index (χ3v) is 5.34. The second-order valence-electron chi connectivity index (χ2n) is 6.24. The minimum Gasteiger partial charge on any atom is -0.436 e. The molecule has 0 atom stereocenters. The highest BCUT2D eigenvalue weighted by atomic mass is 35.5. The molecule has 0 fully saturated rings. The van der Waals surface area contributed by atoms with Crippen LogP contribution in [0.2, 0.25) is 15.1 Å². The Morgan fingerprint density at radius 1 is 1.00 bits per heavy atom. The van der Waals surface area contributed by atoms with Crippen molar-refractivity contribution in [1.29, 1.82) is 0 Å². The summed E-state index contributed by atoms with van der Waals surface area (Å²) in [6.07, 6.45) is 0. The molecule has 28 heavy (non-hydrogen) atoms. The predicted molar refractivity (Wildman–Crippen MR) is 114 cm³/mol. The van der Waals surface area contributed by atoms with Crippen LogP contribution in [0, 0.1) is 6.92 Å². The normalized spacial score (nSPS) is 11.0. The Morgan fingerprint density at radius 2 is 1.82 bits per heavy atom. The number of aryl methyl sites for hydroxylation is 1. The maximum absolute atomic E-state index is 12.6. The molecule has 0 radical (unpaired) electrons. The fourth-order valence-corrected chi connectivity index (χ4v) is 3.38. The largest absolute Gasteiger partial charge is 0.436 e. The van der Waals surface area contributed by atoms with Gasteiger partial charge in [-0.05, 0) is 55.0 Å². The molecule has 1 N–H and O–H groups in total. The first-order valence-corrected chi connectivity index (χ1v) is 9.48. The summed E-state index contributed by atoms with van der Waals surface area (Å²) in [4.78, 5) is 17.1. The molecule has 4 nitrogen and oxygen atoms in total. The standard InChI is InChI=1S/C21H13Cl3N2O2/c1-11-5-8-17-18(9-11)28-21(26-17)14-10-12(6-7-15(14)22)25-20(27)13-3-2-4-16(23)19(13)24/h2-10H,1H3,(H,25,27). The van der Waals surface area contributed by atoms with E-state index in [0.717, 1.165) is 11.1 Å². The number of carbonyl (C=O) groups is 1. The number of benzene rings is 3. The Morgan fingerprint density at radius 3 is 2.64 bits per heavy atom. The van der Waals surface area contributed by atoms with Gasteiger partial charge in [-0.1, -0.05) is 46.9 Å². The van der Waals surface area contributed by atoms with Crippen molar-refractivity contribution in [1.82, 2.24) is 4.98 Å². The molecular formula is C21H13Cl3N2O2. The first kappa shape index (κ1) is 18.8. The summed E-state index contributed by atoms with van der Waals surface area (Å²) in [5.41, 5.74) is 3.86. The molecule has 0 unspecified atom stereocenters. The zero-order valence-corrected chi connectivity index (χ0v) is 16.9. The Labute approximate surface area is 176 Å². The number of nitrogens with one attached hydrogen (secondary N) is 1. The number of halogens is 3. The van der Waals surface area contributed by atoms with Crippen LogP contribution >= 0.6 is 34.8 Å². The smallest absolute Gasteiger partial charge is 0.257 e. The van der Waals surface area contributed by atoms with Crippen molar-refractivity contribution in [3.8, 4) is 11.5 Å². The van der Waals surface area contributed by atoms with Gasteiger partial charge < -0.3 is 9.73 Å². The van der Waals surface area contributed by atoms with E-state index in [1.807, 2.05) is 25.1 Å². The minimum absolute atomic E-state index is 0.199. The molecule has 4 aromatic rings. The average Bonchev–Trinajstić information content (AvgIpc) is 3.08. The maximum Gasteiger partial charge on any atom is 0.257 e. The molecule has 4 rings (SSSR count). The molecule has 0 aliphatic heterocycles. The number of hydrogen-bond acceptors (Lipinski definition) is 3. The van der Waals surface area contributed by atoms with E-state index in [1.165, 1.54) is 0 Å². The van der Waals surface area contributed by atoms with Gasteiger partial charge in [-0.15, -0.1) is 0 Å². The molecule has 0 aliphatic rings. The van der Waals surface area contributed by atoms with Crippen LogP contribution in [0.4, 0.5) is 5.69 Å². The lowest BCUT2D eigenvalue weighted by molar-refractivity contribution is 0.102. The number of fused-ring (bicyclic) bond motifs is 1. The van der Waals surface area contributed by atoms with E-state index in [-0.39, 0.29) is 16.5 Å². The molecule has 1 aromatic heterocycles. The Hall–Kier alpha value is -2.53. The number of rotatable bonds is 3. The van der Waals surface area contributed by atoms with Crippen LogP contribution < -0.4 is 5.32 Å². The van der Waals surface area contributed by atoms with Crippen molar-refractivity contribution in [2.75, 3.05) is 5.32 Å². The van der Waals surface area contributed by atoms with Crippen molar-refractivity contribution >= 4 is 57.5 Å². The lowest BCUT2D eigenvalue weighted by atomic mass is 10.1. The van der Waals surface area contributed by atoms with Crippen molar-refractivity contribution in [3.63, 3.8) is 0 Å². The van der Waals surface area contributed by atoms with Gasteiger partial charge in [0, 0.05) is 5.69 Å². The summed E-state index contributed by atoms with van der Waals surface area (Å²) in [6.45, 7) is 1.98. The number of nitrogens with zero attached hydrogens (tertiary/aromatic N) is 1. The highest BCUT2D eigenvalue weighted by molar-refractivity contribution is 6.44. The molecule has 0 saturated heterocycles. The van der Waals surface area contributed by atoms with Gasteiger partial charge in [0.25, 0.3) is 5.91 Å². The maximum atomic E-state index is 12.6. The molecule has 0 aliphatic carbocycles. The molecular weight excluding hydrogens is 419 g/mol. The number of carbonyl (C=O) groups excluding carboxylic acids is 1. The average molecular weight is 432 g/mol. The number of hydrogen-bond donors (Lipinski definition) is 1. The molecule has 140 valence electrons. The number of amides is 1. The summed E-state index contributed by atoms with van der Waals surface area (Å²) in [5, 5.41) is 3.77. The van der Waals surface area contributed by atoms with E-state index in [2.05, 4.69) is 10.3 Å².